The molecule has 298 valence electrons. The molecule has 0 aromatic carbocycles. The lowest BCUT2D eigenvalue weighted by Gasteiger charge is -2.64. The molecule has 0 unspecified atom stereocenters. The Morgan fingerprint density at radius 1 is 0.865 bits per heavy atom. The van der Waals surface area contributed by atoms with Crippen molar-refractivity contribution >= 4 is 16.1 Å². The van der Waals surface area contributed by atoms with Gasteiger partial charge in [-0.15, -0.1) is 0 Å². The van der Waals surface area contributed by atoms with Gasteiger partial charge in [0, 0.05) is 0 Å². The Bertz CT molecular complexity index is 1440. The summed E-state index contributed by atoms with van der Waals surface area (Å²) >= 11 is 0. The summed E-state index contributed by atoms with van der Waals surface area (Å²) in [4.78, 5) is 13.6. The molecule has 2 aliphatic heterocycles. The van der Waals surface area contributed by atoms with Crippen molar-refractivity contribution in [1.82, 2.24) is 0 Å². The minimum atomic E-state index is -4.16. The zero-order chi connectivity index (χ0) is 38.0. The molecule has 16 nitrogen and oxygen atoms in total. The van der Waals surface area contributed by atoms with Crippen molar-refractivity contribution in [2.75, 3.05) is 25.6 Å². The van der Waals surface area contributed by atoms with Crippen molar-refractivity contribution in [2.24, 2.45) is 28.1 Å². The van der Waals surface area contributed by atoms with Crippen LogP contribution in [0.3, 0.4) is 0 Å². The summed E-state index contributed by atoms with van der Waals surface area (Å²) in [5.74, 6) is -0.616. The zero-order valence-corrected chi connectivity index (χ0v) is 30.6. The summed E-state index contributed by atoms with van der Waals surface area (Å²) in [7, 11) is -4.16. The quantitative estimate of drug-likeness (QED) is 0.0435. The number of carbonyl (C=O) groups is 1. The maximum absolute atomic E-state index is 13.6. The highest BCUT2D eigenvalue weighted by atomic mass is 32.2. The first kappa shape index (κ1) is 40.3. The lowest BCUT2D eigenvalue weighted by molar-refractivity contribution is -0.378. The van der Waals surface area contributed by atoms with Gasteiger partial charge in [-0.1, -0.05) is 19.9 Å². The summed E-state index contributed by atoms with van der Waals surface area (Å²) in [5.41, 5.74) is -1.34. The van der Waals surface area contributed by atoms with E-state index in [1.165, 1.54) is 0 Å². The SMILES string of the molecule is C=C1C[C@@]23CC[C@H]4[C@@](C)(CCC[C@@]4(C)C(=O)OCCCS(=O)(=O)O)[C@@H]2CC[C@]1(O[C@H]1O[C@H](CO)[C@@H](O)[C@H](O)[C@H]1O[C@@H]1O[C@H](CO)[C@@H](O)[C@H](O)[C@H]1O)C3. The fourth-order valence-corrected chi connectivity index (χ4v) is 11.7. The second kappa shape index (κ2) is 14.6. The van der Waals surface area contributed by atoms with E-state index in [2.05, 4.69) is 13.5 Å². The summed E-state index contributed by atoms with van der Waals surface area (Å²) in [6.07, 6.45) is -9.18. The van der Waals surface area contributed by atoms with Crippen LogP contribution in [-0.2, 0) is 38.6 Å². The molecular weight excluding hydrogens is 708 g/mol. The molecule has 0 amide bonds. The number of hydrogen-bond donors (Lipinski definition) is 8. The fraction of sp³-hybridized carbons (Fsp3) is 0.914. The maximum Gasteiger partial charge on any atom is 0.312 e. The van der Waals surface area contributed by atoms with E-state index in [4.69, 9.17) is 28.2 Å². The first-order valence-electron chi connectivity index (χ1n) is 18.4. The number of aliphatic hydroxyl groups is 7. The summed E-state index contributed by atoms with van der Waals surface area (Å²) in [6, 6.07) is 0. The van der Waals surface area contributed by atoms with Gasteiger partial charge in [-0.25, -0.2) is 0 Å². The monoisotopic (exact) mass is 764 g/mol. The third-order valence-corrected chi connectivity index (χ3v) is 14.5. The van der Waals surface area contributed by atoms with Gasteiger partial charge in [0.15, 0.2) is 12.6 Å². The molecule has 1 spiro atoms. The van der Waals surface area contributed by atoms with Crippen molar-refractivity contribution < 1.29 is 77.2 Å². The zero-order valence-electron chi connectivity index (χ0n) is 29.8. The number of fused-ring (bicyclic) bond motifs is 3. The van der Waals surface area contributed by atoms with Crippen molar-refractivity contribution in [3.05, 3.63) is 12.2 Å². The molecule has 0 aromatic heterocycles. The Balaban J connectivity index is 1.21. The van der Waals surface area contributed by atoms with Gasteiger partial charge in [-0.05, 0) is 93.0 Å². The Morgan fingerprint density at radius 2 is 1.50 bits per heavy atom. The molecule has 4 saturated carbocycles. The highest BCUT2D eigenvalue weighted by Crippen LogP contribution is 2.73. The Hall–Kier alpha value is -1.32. The average molecular weight is 765 g/mol. The number of aliphatic hydroxyl groups excluding tert-OH is 7. The molecule has 0 radical (unpaired) electrons. The number of carbonyl (C=O) groups excluding carboxylic acids is 1. The third kappa shape index (κ3) is 6.90. The number of rotatable bonds is 11. The van der Waals surface area contributed by atoms with Crippen LogP contribution in [0.1, 0.15) is 78.1 Å². The molecule has 2 bridgehead atoms. The minimum absolute atomic E-state index is 0.00663. The van der Waals surface area contributed by atoms with E-state index in [9.17, 15) is 49.0 Å². The largest absolute Gasteiger partial charge is 0.465 e. The molecule has 2 heterocycles. The van der Waals surface area contributed by atoms with Crippen molar-refractivity contribution in [2.45, 2.75) is 145 Å². The van der Waals surface area contributed by atoms with E-state index in [0.29, 0.717) is 25.7 Å². The topological polar surface area (TPSA) is 259 Å². The predicted octanol–water partition coefficient (Wildman–Crippen LogP) is -0.460. The van der Waals surface area contributed by atoms with Gasteiger partial charge in [-0.3, -0.25) is 9.35 Å². The van der Waals surface area contributed by atoms with Crippen LogP contribution >= 0.6 is 0 Å². The van der Waals surface area contributed by atoms with Crippen LogP contribution in [-0.4, -0.2) is 147 Å². The van der Waals surface area contributed by atoms with E-state index < -0.39 is 102 Å². The first-order chi connectivity index (χ1) is 24.3. The summed E-state index contributed by atoms with van der Waals surface area (Å²) in [6.45, 7) is 7.23. The van der Waals surface area contributed by atoms with Crippen LogP contribution in [0.5, 0.6) is 0 Å². The lowest BCUT2D eigenvalue weighted by Crippen LogP contribution is -2.65. The normalized spacial score (nSPS) is 49.2. The lowest BCUT2D eigenvalue weighted by atomic mass is 9.41. The van der Waals surface area contributed by atoms with Crippen LogP contribution in [0.2, 0.25) is 0 Å². The Kier molecular flexibility index (Phi) is 11.4. The summed E-state index contributed by atoms with van der Waals surface area (Å²) in [5, 5.41) is 72.9. The predicted molar refractivity (Wildman–Crippen MR) is 179 cm³/mol. The van der Waals surface area contributed by atoms with Crippen LogP contribution in [0.25, 0.3) is 0 Å². The molecule has 16 atom stereocenters. The van der Waals surface area contributed by atoms with Crippen LogP contribution in [0, 0.1) is 28.1 Å². The van der Waals surface area contributed by atoms with E-state index in [0.717, 1.165) is 37.7 Å². The fourth-order valence-electron chi connectivity index (χ4n) is 11.2. The molecular formula is C35H56O16S. The standard InChI is InChI=1S/C35H56O16S/c1-18-14-34-10-6-21-32(2,8-4-9-33(21,3)31(43)47-12-5-13-52(44,45)46)22(34)7-11-35(18,17-34)51-30-28(26(41)24(39)20(16-37)49-30)50-29-27(42)25(40)23(38)19(15-36)48-29/h19-30,36-42H,1,4-17H2,2-3H3,(H,44,45,46)/t19-,20-,21+,22+,23-,24-,25+,26+,27-,28-,29+,30-,32-,33-,34-,35+/m1/s1. The molecule has 17 heteroatoms. The van der Waals surface area contributed by atoms with E-state index in [1.807, 2.05) is 6.92 Å². The van der Waals surface area contributed by atoms with Crippen LogP contribution in [0.4, 0.5) is 0 Å². The smallest absolute Gasteiger partial charge is 0.312 e. The maximum atomic E-state index is 13.6. The van der Waals surface area contributed by atoms with Gasteiger partial charge < -0.3 is 59.4 Å². The van der Waals surface area contributed by atoms with E-state index in [-0.39, 0.29) is 41.7 Å². The number of esters is 1. The molecule has 2 saturated heterocycles. The van der Waals surface area contributed by atoms with Gasteiger partial charge in [0.1, 0.15) is 48.8 Å². The van der Waals surface area contributed by atoms with Crippen molar-refractivity contribution in [3.63, 3.8) is 0 Å². The Labute approximate surface area is 303 Å². The highest BCUT2D eigenvalue weighted by molar-refractivity contribution is 7.85. The third-order valence-electron chi connectivity index (χ3n) is 13.7. The minimum Gasteiger partial charge on any atom is -0.465 e. The highest BCUT2D eigenvalue weighted by Gasteiger charge is 2.69. The van der Waals surface area contributed by atoms with Gasteiger partial charge in [-0.2, -0.15) is 8.42 Å². The summed E-state index contributed by atoms with van der Waals surface area (Å²) < 4.78 is 61.2. The van der Waals surface area contributed by atoms with Crippen molar-refractivity contribution in [3.8, 4) is 0 Å². The van der Waals surface area contributed by atoms with Crippen molar-refractivity contribution in [1.29, 1.82) is 0 Å². The van der Waals surface area contributed by atoms with Crippen LogP contribution < -0.4 is 0 Å². The molecule has 4 aliphatic carbocycles. The molecule has 6 rings (SSSR count). The van der Waals surface area contributed by atoms with Crippen LogP contribution in [0.15, 0.2) is 12.2 Å². The van der Waals surface area contributed by atoms with E-state index in [1.54, 1.807) is 0 Å². The first-order valence-corrected chi connectivity index (χ1v) is 20.0. The average Bonchev–Trinajstić information content (AvgIpc) is 3.28. The number of ether oxygens (including phenoxy) is 5. The second-order valence-electron chi connectivity index (χ2n) is 16.7. The molecule has 8 N–H and O–H groups in total. The van der Waals surface area contributed by atoms with Gasteiger partial charge in [0.25, 0.3) is 10.1 Å². The molecule has 6 aliphatic rings. The van der Waals surface area contributed by atoms with Gasteiger partial charge in [0.2, 0.25) is 0 Å². The molecule has 6 fully saturated rings. The van der Waals surface area contributed by atoms with E-state index >= 15 is 0 Å². The van der Waals surface area contributed by atoms with Gasteiger partial charge >= 0.3 is 5.97 Å². The molecule has 52 heavy (non-hydrogen) atoms. The molecule has 0 aromatic rings. The van der Waals surface area contributed by atoms with Gasteiger partial charge in [0.05, 0.1) is 36.6 Å². The second-order valence-corrected chi connectivity index (χ2v) is 18.2. The number of hydrogen-bond acceptors (Lipinski definition) is 15. The Morgan fingerprint density at radius 3 is 2.15 bits per heavy atom.